The molecule has 4 aromatic rings. The molecule has 8 nitrogen and oxygen atoms in total. The second kappa shape index (κ2) is 9.99. The van der Waals surface area contributed by atoms with Crippen molar-refractivity contribution >= 4 is 5.71 Å². The van der Waals surface area contributed by atoms with E-state index in [9.17, 15) is 0 Å². The summed E-state index contributed by atoms with van der Waals surface area (Å²) in [4.78, 5) is 15.3. The number of tetrazole rings is 1. The molecule has 0 radical (unpaired) electrons. The first-order valence-electron chi connectivity index (χ1n) is 11.7. The fraction of sp³-hybridized carbons (Fsp3) is 0.222. The monoisotopic (exact) mass is 465 g/mol. The Bertz CT molecular complexity index is 1350. The second-order valence-corrected chi connectivity index (χ2v) is 8.25. The van der Waals surface area contributed by atoms with Gasteiger partial charge in [0.05, 0.1) is 12.8 Å². The van der Waals surface area contributed by atoms with Gasteiger partial charge in [-0.1, -0.05) is 61.5 Å². The van der Waals surface area contributed by atoms with Gasteiger partial charge in [0, 0.05) is 40.7 Å². The zero-order valence-corrected chi connectivity index (χ0v) is 20.0. The van der Waals surface area contributed by atoms with Crippen molar-refractivity contribution in [3.05, 3.63) is 95.5 Å². The summed E-state index contributed by atoms with van der Waals surface area (Å²) >= 11 is 0. The molecule has 0 saturated heterocycles. The van der Waals surface area contributed by atoms with Gasteiger partial charge < -0.3 is 0 Å². The minimum atomic E-state index is -0.129. The Kier molecular flexibility index (Phi) is 6.45. The fourth-order valence-corrected chi connectivity index (χ4v) is 4.58. The third kappa shape index (κ3) is 4.48. The van der Waals surface area contributed by atoms with Crippen molar-refractivity contribution in [2.45, 2.75) is 32.9 Å². The number of pyridine rings is 1. The smallest absolute Gasteiger partial charge is 0.205 e. The number of allylic oxidation sites excluding steroid dienone is 2. The van der Waals surface area contributed by atoms with Gasteiger partial charge in [-0.15, -0.1) is 10.2 Å². The van der Waals surface area contributed by atoms with Gasteiger partial charge in [0.15, 0.2) is 0 Å². The molecule has 0 bridgehead atoms. The van der Waals surface area contributed by atoms with Crippen molar-refractivity contribution in [3.63, 3.8) is 0 Å². The minimum absolute atomic E-state index is 0.129. The molecule has 1 N–H and O–H groups in total. The van der Waals surface area contributed by atoms with Crippen LogP contribution < -0.4 is 0 Å². The summed E-state index contributed by atoms with van der Waals surface area (Å²) in [5.74, 6) is 0.572. The van der Waals surface area contributed by atoms with Crippen LogP contribution in [0.15, 0.2) is 89.2 Å². The average Bonchev–Trinajstić information content (AvgIpc) is 3.45. The third-order valence-electron chi connectivity index (χ3n) is 6.15. The molecule has 1 aliphatic rings. The van der Waals surface area contributed by atoms with E-state index in [4.69, 9.17) is 9.83 Å². The zero-order chi connectivity index (χ0) is 24.2. The van der Waals surface area contributed by atoms with Crippen LogP contribution in [0.1, 0.15) is 31.5 Å². The summed E-state index contributed by atoms with van der Waals surface area (Å²) in [7, 11) is 1.70. The number of hydrogen-bond acceptors (Lipinski definition) is 7. The quantitative estimate of drug-likeness (QED) is 0.420. The normalized spacial score (nSPS) is 15.9. The van der Waals surface area contributed by atoms with Gasteiger partial charge in [-0.05, 0) is 41.8 Å². The number of hydrogen-bond donors (Lipinski definition) is 1. The number of hydroxylamine groups is 2. The highest BCUT2D eigenvalue weighted by molar-refractivity contribution is 6.14. The SMILES string of the molecule is CCC1=C(Cc2ccccn2)C(c2ccc(-c3ccccc3-c3nn[nH]n3)cc2)=NC(C)N1OC. The van der Waals surface area contributed by atoms with Crippen LogP contribution in [0.25, 0.3) is 22.5 Å². The molecule has 2 aromatic carbocycles. The van der Waals surface area contributed by atoms with Gasteiger partial charge in [-0.2, -0.15) is 5.21 Å². The van der Waals surface area contributed by atoms with E-state index in [1.807, 2.05) is 54.6 Å². The maximum Gasteiger partial charge on any atom is 0.205 e. The second-order valence-electron chi connectivity index (χ2n) is 8.25. The van der Waals surface area contributed by atoms with Crippen LogP contribution in [0, 0.1) is 0 Å². The number of aromatic amines is 1. The zero-order valence-electron chi connectivity index (χ0n) is 20.0. The van der Waals surface area contributed by atoms with Crippen LogP contribution in [0.5, 0.6) is 0 Å². The molecule has 0 amide bonds. The van der Waals surface area contributed by atoms with E-state index in [-0.39, 0.29) is 6.17 Å². The van der Waals surface area contributed by atoms with Crippen LogP contribution in [0.2, 0.25) is 0 Å². The Morgan fingerprint density at radius 2 is 1.69 bits per heavy atom. The topological polar surface area (TPSA) is 92.2 Å². The van der Waals surface area contributed by atoms with Crippen molar-refractivity contribution in [2.24, 2.45) is 4.99 Å². The molecule has 3 heterocycles. The highest BCUT2D eigenvalue weighted by Crippen LogP contribution is 2.32. The van der Waals surface area contributed by atoms with Crippen LogP contribution in [0.3, 0.4) is 0 Å². The van der Waals surface area contributed by atoms with Gasteiger partial charge in [-0.3, -0.25) is 14.8 Å². The van der Waals surface area contributed by atoms with E-state index in [1.165, 1.54) is 0 Å². The van der Waals surface area contributed by atoms with E-state index < -0.39 is 0 Å². The van der Waals surface area contributed by atoms with Gasteiger partial charge in [0.2, 0.25) is 5.82 Å². The van der Waals surface area contributed by atoms with Crippen molar-refractivity contribution in [2.75, 3.05) is 7.11 Å². The van der Waals surface area contributed by atoms with Crippen molar-refractivity contribution in [1.82, 2.24) is 30.7 Å². The first-order chi connectivity index (χ1) is 17.2. The molecule has 0 fully saturated rings. The standard InChI is InChI=1S/C27H27N7O/c1-4-25-24(17-21-9-7-8-16-28-21)26(29-18(2)34(25)35-3)20-14-12-19(13-15-20)22-10-5-6-11-23(22)27-30-32-33-31-27/h5-16,18H,4,17H2,1-3H3,(H,30,31,32,33). The van der Waals surface area contributed by atoms with Crippen molar-refractivity contribution in [1.29, 1.82) is 0 Å². The lowest BCUT2D eigenvalue weighted by atomic mass is 9.91. The van der Waals surface area contributed by atoms with Crippen LogP contribution in [0.4, 0.5) is 0 Å². The lowest BCUT2D eigenvalue weighted by Gasteiger charge is -2.35. The van der Waals surface area contributed by atoms with Crippen molar-refractivity contribution in [3.8, 4) is 22.5 Å². The number of nitrogens with one attached hydrogen (secondary N) is 1. The number of rotatable bonds is 7. The van der Waals surface area contributed by atoms with E-state index in [1.54, 1.807) is 7.11 Å². The molecule has 0 aliphatic carbocycles. The van der Waals surface area contributed by atoms with Gasteiger partial charge in [0.1, 0.15) is 6.17 Å². The molecule has 1 atom stereocenters. The Balaban J connectivity index is 1.54. The minimum Gasteiger partial charge on any atom is -0.275 e. The predicted molar refractivity (Wildman–Crippen MR) is 135 cm³/mol. The van der Waals surface area contributed by atoms with Crippen LogP contribution >= 0.6 is 0 Å². The first kappa shape index (κ1) is 22.6. The van der Waals surface area contributed by atoms with E-state index in [2.05, 4.69) is 62.9 Å². The Hall–Kier alpha value is -4.17. The van der Waals surface area contributed by atoms with E-state index >= 15 is 0 Å². The van der Waals surface area contributed by atoms with Crippen LogP contribution in [-0.4, -0.2) is 49.7 Å². The lowest BCUT2D eigenvalue weighted by molar-refractivity contribution is -0.129. The Morgan fingerprint density at radius 3 is 2.34 bits per heavy atom. The average molecular weight is 466 g/mol. The number of aromatic nitrogens is 5. The molecular formula is C27H27N7O. The largest absolute Gasteiger partial charge is 0.275 e. The third-order valence-corrected chi connectivity index (χ3v) is 6.15. The number of aliphatic imine (C=N–C) groups is 1. The molecule has 0 spiro atoms. The Morgan fingerprint density at radius 1 is 0.943 bits per heavy atom. The highest BCUT2D eigenvalue weighted by atomic mass is 16.7. The molecule has 5 rings (SSSR count). The summed E-state index contributed by atoms with van der Waals surface area (Å²) in [6.07, 6.45) is 3.21. The summed E-state index contributed by atoms with van der Waals surface area (Å²) in [5.41, 5.74) is 8.34. The highest BCUT2D eigenvalue weighted by Gasteiger charge is 2.28. The summed E-state index contributed by atoms with van der Waals surface area (Å²) < 4.78 is 0. The maximum absolute atomic E-state index is 5.71. The summed E-state index contributed by atoms with van der Waals surface area (Å²) in [6.45, 7) is 4.19. The Labute approximate surface area is 204 Å². The lowest BCUT2D eigenvalue weighted by Crippen LogP contribution is -2.37. The maximum atomic E-state index is 5.71. The van der Waals surface area contributed by atoms with Gasteiger partial charge >= 0.3 is 0 Å². The van der Waals surface area contributed by atoms with E-state index in [0.717, 1.165) is 51.4 Å². The number of H-pyrrole nitrogens is 1. The van der Waals surface area contributed by atoms with Crippen LogP contribution in [-0.2, 0) is 11.3 Å². The fourth-order valence-electron chi connectivity index (χ4n) is 4.58. The van der Waals surface area contributed by atoms with Gasteiger partial charge in [0.25, 0.3) is 0 Å². The summed E-state index contributed by atoms with van der Waals surface area (Å²) in [6, 6.07) is 22.5. The molecule has 35 heavy (non-hydrogen) atoms. The molecule has 2 aromatic heterocycles. The summed E-state index contributed by atoms with van der Waals surface area (Å²) in [5, 5.41) is 16.5. The number of benzene rings is 2. The molecule has 8 heteroatoms. The number of nitrogens with zero attached hydrogens (tertiary/aromatic N) is 6. The van der Waals surface area contributed by atoms with E-state index in [0.29, 0.717) is 12.2 Å². The van der Waals surface area contributed by atoms with Crippen molar-refractivity contribution < 1.29 is 4.84 Å². The molecule has 176 valence electrons. The molecule has 0 saturated carbocycles. The van der Waals surface area contributed by atoms with Gasteiger partial charge in [-0.25, -0.2) is 5.06 Å². The predicted octanol–water partition coefficient (Wildman–Crippen LogP) is 4.85. The molecule has 1 unspecified atom stereocenters. The molecule has 1 aliphatic heterocycles. The first-order valence-corrected chi connectivity index (χ1v) is 11.7. The molecular weight excluding hydrogens is 438 g/mol.